The molecule has 0 spiro atoms. The normalized spacial score (nSPS) is 17.0. The number of hydrogen-bond acceptors (Lipinski definition) is 6. The molecule has 8 heteroatoms. The van der Waals surface area contributed by atoms with E-state index >= 15 is 0 Å². The highest BCUT2D eigenvalue weighted by atomic mass is 32.2. The summed E-state index contributed by atoms with van der Waals surface area (Å²) in [7, 11) is 1.70. The number of benzene rings is 1. The zero-order valence-corrected chi connectivity index (χ0v) is 20.9. The van der Waals surface area contributed by atoms with Gasteiger partial charge in [-0.15, -0.1) is 0 Å². The van der Waals surface area contributed by atoms with Gasteiger partial charge in [0.05, 0.1) is 17.8 Å². The number of nitrogens with zero attached hydrogens (tertiary/aromatic N) is 3. The van der Waals surface area contributed by atoms with E-state index in [-0.39, 0.29) is 23.4 Å². The van der Waals surface area contributed by atoms with Crippen molar-refractivity contribution in [2.24, 2.45) is 13.0 Å². The average molecular weight is 472 g/mol. The van der Waals surface area contributed by atoms with Gasteiger partial charge < -0.3 is 9.64 Å². The van der Waals surface area contributed by atoms with Gasteiger partial charge in [-0.1, -0.05) is 41.6 Å². The van der Waals surface area contributed by atoms with Gasteiger partial charge in [0.25, 0.3) is 5.56 Å². The molecule has 1 fully saturated rings. The van der Waals surface area contributed by atoms with Crippen LogP contribution in [0.2, 0.25) is 0 Å². The molecular formula is C25H33N3O4S. The number of likely N-dealkylation sites (tertiary alicyclic amines) is 1. The van der Waals surface area contributed by atoms with Crippen LogP contribution in [0.3, 0.4) is 0 Å². The average Bonchev–Trinajstić information content (AvgIpc) is 2.81. The Labute approximate surface area is 199 Å². The van der Waals surface area contributed by atoms with Crippen molar-refractivity contribution in [2.45, 2.75) is 57.4 Å². The molecule has 1 amide bonds. The summed E-state index contributed by atoms with van der Waals surface area (Å²) in [5, 5.41) is 0.0938. The fourth-order valence-electron chi connectivity index (χ4n) is 4.04. The molecule has 2 aromatic rings. The Bertz CT molecular complexity index is 1060. The van der Waals surface area contributed by atoms with E-state index in [0.29, 0.717) is 42.5 Å². The molecule has 0 bridgehead atoms. The van der Waals surface area contributed by atoms with Crippen molar-refractivity contribution in [3.05, 3.63) is 57.0 Å². The van der Waals surface area contributed by atoms with E-state index < -0.39 is 5.25 Å². The van der Waals surface area contributed by atoms with Gasteiger partial charge in [-0.2, -0.15) is 0 Å². The number of carbonyl (C=O) groups is 2. The van der Waals surface area contributed by atoms with E-state index in [9.17, 15) is 14.4 Å². The van der Waals surface area contributed by atoms with Gasteiger partial charge in [0.1, 0.15) is 0 Å². The van der Waals surface area contributed by atoms with Gasteiger partial charge in [-0.05, 0) is 46.1 Å². The molecule has 2 heterocycles. The van der Waals surface area contributed by atoms with Crippen LogP contribution in [0.25, 0.3) is 0 Å². The molecule has 33 heavy (non-hydrogen) atoms. The minimum Gasteiger partial charge on any atom is -0.466 e. The standard InChI is InChI=1S/C25H33N3O4S/c1-6-32-24(31)20-8-7-13-28(15-20)22(29)18(4)33-25-26-17(3)21(23(30)27(25)5)14-19-11-9-16(2)10-12-19/h9-12,18,20H,6-8,13-15H2,1-5H3. The van der Waals surface area contributed by atoms with Crippen LogP contribution in [0.5, 0.6) is 0 Å². The molecule has 2 atom stereocenters. The lowest BCUT2D eigenvalue weighted by atomic mass is 9.98. The molecule has 0 N–H and O–H groups in total. The Kier molecular flexibility index (Phi) is 8.35. The van der Waals surface area contributed by atoms with Crippen LogP contribution in [0.15, 0.2) is 34.2 Å². The molecule has 2 unspecified atom stereocenters. The number of rotatable bonds is 7. The molecule has 7 nitrogen and oxygen atoms in total. The second-order valence-corrected chi connectivity index (χ2v) is 9.93. The maximum absolute atomic E-state index is 13.1. The third-order valence-electron chi connectivity index (χ3n) is 6.03. The monoisotopic (exact) mass is 471 g/mol. The second-order valence-electron chi connectivity index (χ2n) is 8.62. The van der Waals surface area contributed by atoms with Crippen LogP contribution in [-0.4, -0.2) is 51.3 Å². The number of thioether (sulfide) groups is 1. The minimum atomic E-state index is -0.425. The van der Waals surface area contributed by atoms with Crippen molar-refractivity contribution in [1.82, 2.24) is 14.5 Å². The lowest BCUT2D eigenvalue weighted by molar-refractivity contribution is -0.151. The van der Waals surface area contributed by atoms with Gasteiger partial charge in [0, 0.05) is 37.8 Å². The van der Waals surface area contributed by atoms with E-state index in [1.54, 1.807) is 18.9 Å². The summed E-state index contributed by atoms with van der Waals surface area (Å²) in [5.41, 5.74) is 3.49. The van der Waals surface area contributed by atoms with Crippen LogP contribution in [-0.2, 0) is 27.8 Å². The van der Waals surface area contributed by atoms with E-state index in [2.05, 4.69) is 4.98 Å². The number of piperidine rings is 1. The fourth-order valence-corrected chi connectivity index (χ4v) is 5.04. The Morgan fingerprint density at radius 2 is 1.94 bits per heavy atom. The van der Waals surface area contributed by atoms with Crippen molar-refractivity contribution in [3.8, 4) is 0 Å². The third kappa shape index (κ3) is 6.05. The van der Waals surface area contributed by atoms with Crippen molar-refractivity contribution in [3.63, 3.8) is 0 Å². The van der Waals surface area contributed by atoms with Crippen molar-refractivity contribution in [1.29, 1.82) is 0 Å². The zero-order valence-electron chi connectivity index (χ0n) is 20.1. The van der Waals surface area contributed by atoms with Crippen LogP contribution in [0, 0.1) is 19.8 Å². The molecule has 0 radical (unpaired) electrons. The predicted octanol–water partition coefficient (Wildman–Crippen LogP) is 3.27. The largest absolute Gasteiger partial charge is 0.466 e. The smallest absolute Gasteiger partial charge is 0.310 e. The zero-order chi connectivity index (χ0) is 24.1. The Morgan fingerprint density at radius 1 is 1.24 bits per heavy atom. The molecule has 1 aliphatic heterocycles. The first kappa shape index (κ1) is 25.0. The lowest BCUT2D eigenvalue weighted by Gasteiger charge is -2.33. The quantitative estimate of drug-likeness (QED) is 0.350. The first-order valence-electron chi connectivity index (χ1n) is 11.4. The maximum atomic E-state index is 13.1. The lowest BCUT2D eigenvalue weighted by Crippen LogP contribution is -2.45. The number of amides is 1. The highest BCUT2D eigenvalue weighted by Crippen LogP contribution is 2.26. The first-order valence-corrected chi connectivity index (χ1v) is 12.3. The van der Waals surface area contributed by atoms with Crippen molar-refractivity contribution in [2.75, 3.05) is 19.7 Å². The molecule has 3 rings (SSSR count). The fraction of sp³-hybridized carbons (Fsp3) is 0.520. The summed E-state index contributed by atoms with van der Waals surface area (Å²) in [6, 6.07) is 8.12. The van der Waals surface area contributed by atoms with E-state index in [4.69, 9.17) is 4.74 Å². The highest BCUT2D eigenvalue weighted by molar-refractivity contribution is 8.00. The molecule has 1 aromatic heterocycles. The topological polar surface area (TPSA) is 81.5 Å². The predicted molar refractivity (Wildman–Crippen MR) is 129 cm³/mol. The van der Waals surface area contributed by atoms with Gasteiger partial charge in [0.15, 0.2) is 5.16 Å². The minimum absolute atomic E-state index is 0.0513. The van der Waals surface area contributed by atoms with E-state index in [1.165, 1.54) is 21.9 Å². The Morgan fingerprint density at radius 3 is 2.61 bits per heavy atom. The molecular weight excluding hydrogens is 438 g/mol. The number of esters is 1. The van der Waals surface area contributed by atoms with Crippen molar-refractivity contribution >= 4 is 23.6 Å². The van der Waals surface area contributed by atoms with E-state index in [1.807, 2.05) is 45.0 Å². The van der Waals surface area contributed by atoms with Gasteiger partial charge >= 0.3 is 5.97 Å². The first-order chi connectivity index (χ1) is 15.7. The molecule has 0 aliphatic carbocycles. The number of ether oxygens (including phenoxy) is 1. The molecule has 1 aromatic carbocycles. The van der Waals surface area contributed by atoms with Gasteiger partial charge in [-0.25, -0.2) is 4.98 Å². The number of aromatic nitrogens is 2. The summed E-state index contributed by atoms with van der Waals surface area (Å²) in [4.78, 5) is 44.7. The van der Waals surface area contributed by atoms with Crippen molar-refractivity contribution < 1.29 is 14.3 Å². The van der Waals surface area contributed by atoms with E-state index in [0.717, 1.165) is 18.4 Å². The summed E-state index contributed by atoms with van der Waals surface area (Å²) in [6.07, 6.45) is 2.03. The Balaban J connectivity index is 1.72. The molecule has 1 saturated heterocycles. The summed E-state index contributed by atoms with van der Waals surface area (Å²) in [5.74, 6) is -0.561. The number of aryl methyl sites for hydroxylation is 2. The van der Waals surface area contributed by atoms with Gasteiger partial charge in [0.2, 0.25) is 5.91 Å². The molecule has 0 saturated carbocycles. The second kappa shape index (κ2) is 11.0. The number of carbonyl (C=O) groups excluding carboxylic acids is 2. The summed E-state index contributed by atoms with van der Waals surface area (Å²) >= 11 is 1.28. The van der Waals surface area contributed by atoms with Crippen LogP contribution < -0.4 is 5.56 Å². The summed E-state index contributed by atoms with van der Waals surface area (Å²) in [6.45, 7) is 8.83. The Hall–Kier alpha value is -2.61. The van der Waals surface area contributed by atoms with Crippen LogP contribution in [0.1, 0.15) is 49.1 Å². The van der Waals surface area contributed by atoms with Gasteiger partial charge in [-0.3, -0.25) is 19.0 Å². The summed E-state index contributed by atoms with van der Waals surface area (Å²) < 4.78 is 6.67. The SMILES string of the molecule is CCOC(=O)C1CCCN(C(=O)C(C)Sc2nc(C)c(Cc3ccc(C)cc3)c(=O)n2C)C1. The van der Waals surface area contributed by atoms with Crippen LogP contribution >= 0.6 is 11.8 Å². The maximum Gasteiger partial charge on any atom is 0.310 e. The molecule has 1 aliphatic rings. The highest BCUT2D eigenvalue weighted by Gasteiger charge is 2.32. The number of hydrogen-bond donors (Lipinski definition) is 0. The van der Waals surface area contributed by atoms with Crippen LogP contribution in [0.4, 0.5) is 0 Å². The molecule has 178 valence electrons. The third-order valence-corrected chi connectivity index (χ3v) is 7.17.